The van der Waals surface area contributed by atoms with E-state index in [-0.39, 0.29) is 0 Å². The van der Waals surface area contributed by atoms with Crippen LogP contribution in [0.1, 0.15) is 143 Å². The molecule has 0 radical (unpaired) electrons. The number of hydrogen-bond donors (Lipinski definition) is 1. The average molecular weight is 371 g/mol. The highest BCUT2D eigenvalue weighted by Gasteiger charge is 1.96. The third-order valence-electron chi connectivity index (χ3n) is 4.88. The van der Waals surface area contributed by atoms with Gasteiger partial charge in [0, 0.05) is 6.42 Å². The van der Waals surface area contributed by atoms with Crippen LogP contribution >= 0.6 is 0 Å². The highest BCUT2D eigenvalue weighted by molar-refractivity contribution is 5.66. The van der Waals surface area contributed by atoms with Gasteiger partial charge in [-0.25, -0.2) is 0 Å². The zero-order valence-corrected chi connectivity index (χ0v) is 18.7. The first-order valence-electron chi connectivity index (χ1n) is 11.8. The Morgan fingerprint density at radius 3 is 1.31 bits per heavy atom. The van der Waals surface area contributed by atoms with Gasteiger partial charge in [-0.05, 0) is 12.3 Å². The van der Waals surface area contributed by atoms with Gasteiger partial charge in [0.15, 0.2) is 0 Å². The van der Waals surface area contributed by atoms with Gasteiger partial charge < -0.3 is 5.11 Å². The van der Waals surface area contributed by atoms with Crippen LogP contribution < -0.4 is 0 Å². The molecule has 0 saturated heterocycles. The van der Waals surface area contributed by atoms with Gasteiger partial charge in [0.1, 0.15) is 0 Å². The van der Waals surface area contributed by atoms with Crippen molar-refractivity contribution in [3.8, 4) is 0 Å². The van der Waals surface area contributed by atoms with Crippen LogP contribution in [0.2, 0.25) is 0 Å². The Kier molecular flexibility index (Phi) is 26.1. The Balaban J connectivity index is 0. The lowest BCUT2D eigenvalue weighted by atomic mass is 10.0. The van der Waals surface area contributed by atoms with Crippen LogP contribution in [0.25, 0.3) is 0 Å². The fourth-order valence-corrected chi connectivity index (χ4v) is 3.10. The van der Waals surface area contributed by atoms with Crippen LogP contribution in [0.3, 0.4) is 0 Å². The van der Waals surface area contributed by atoms with Crippen molar-refractivity contribution in [1.82, 2.24) is 0 Å². The van der Waals surface area contributed by atoms with Crippen LogP contribution in [0.5, 0.6) is 0 Å². The van der Waals surface area contributed by atoms with E-state index in [9.17, 15) is 4.79 Å². The maximum atomic E-state index is 10.0. The van der Waals surface area contributed by atoms with E-state index in [1.54, 1.807) is 0 Å². The molecule has 0 rings (SSSR count). The molecule has 2 heteroatoms. The summed E-state index contributed by atoms with van der Waals surface area (Å²) in [7, 11) is 0. The van der Waals surface area contributed by atoms with E-state index in [0.717, 1.165) is 18.8 Å². The third kappa shape index (κ3) is 31.3. The van der Waals surface area contributed by atoms with Crippen LogP contribution in [-0.2, 0) is 4.79 Å². The molecule has 0 aliphatic heterocycles. The number of carboxylic acid groups (broad SMARTS) is 1. The Bertz CT molecular complexity index is 261. The van der Waals surface area contributed by atoms with Crippen molar-refractivity contribution in [2.45, 2.75) is 143 Å². The van der Waals surface area contributed by atoms with Crippen molar-refractivity contribution in [1.29, 1.82) is 0 Å². The molecule has 0 amide bonds. The predicted molar refractivity (Wildman–Crippen MR) is 117 cm³/mol. The second kappa shape index (κ2) is 24.5. The molecular formula is C24H50O2. The maximum absolute atomic E-state index is 10.0. The van der Waals surface area contributed by atoms with Crippen LogP contribution in [0.15, 0.2) is 0 Å². The molecule has 0 bridgehead atoms. The smallest absolute Gasteiger partial charge is 0.303 e. The summed E-state index contributed by atoms with van der Waals surface area (Å²) in [5, 5.41) is 8.27. The van der Waals surface area contributed by atoms with Gasteiger partial charge >= 0.3 is 5.97 Å². The summed E-state index contributed by atoms with van der Waals surface area (Å²) in [6.07, 6.45) is 23.4. The maximum Gasteiger partial charge on any atom is 0.303 e. The molecule has 0 fully saturated rings. The average Bonchev–Trinajstić information content (AvgIpc) is 2.59. The van der Waals surface area contributed by atoms with Crippen molar-refractivity contribution >= 4 is 5.97 Å². The molecule has 0 saturated carbocycles. The number of hydrogen-bond acceptors (Lipinski definition) is 1. The number of rotatable bonds is 18. The molecule has 158 valence electrons. The summed E-state index contributed by atoms with van der Waals surface area (Å²) >= 11 is 0. The van der Waals surface area contributed by atoms with E-state index in [1.165, 1.54) is 96.3 Å². The van der Waals surface area contributed by atoms with E-state index in [0.29, 0.717) is 6.42 Å². The van der Waals surface area contributed by atoms with Crippen molar-refractivity contribution in [2.24, 2.45) is 5.92 Å². The van der Waals surface area contributed by atoms with Crippen molar-refractivity contribution in [3.05, 3.63) is 0 Å². The molecule has 0 heterocycles. The summed E-state index contributed by atoms with van der Waals surface area (Å²) < 4.78 is 0. The number of aliphatic carboxylic acids is 1. The summed E-state index contributed by atoms with van der Waals surface area (Å²) in [5.74, 6) is 0.232. The molecule has 26 heavy (non-hydrogen) atoms. The standard InChI is InChI=1S/C16H34.C8H16O2/c1-4-5-6-7-8-9-10-11-12-13-14-15-16(2)3;1-2-3-4-5-6-7-8(9)10/h16H,4-15H2,1-3H3;2-7H2,1H3,(H,9,10). The number of carboxylic acids is 1. The fourth-order valence-electron chi connectivity index (χ4n) is 3.10. The van der Waals surface area contributed by atoms with E-state index in [2.05, 4.69) is 27.7 Å². The second-order valence-electron chi connectivity index (χ2n) is 8.28. The van der Waals surface area contributed by atoms with Crippen LogP contribution in [-0.4, -0.2) is 11.1 Å². The van der Waals surface area contributed by atoms with E-state index in [1.807, 2.05) is 0 Å². The second-order valence-corrected chi connectivity index (χ2v) is 8.28. The SMILES string of the molecule is CCCCCCCC(=O)O.CCCCCCCCCCCCCC(C)C. The van der Waals surface area contributed by atoms with Gasteiger partial charge in [0.05, 0.1) is 0 Å². The Morgan fingerprint density at radius 2 is 0.962 bits per heavy atom. The van der Waals surface area contributed by atoms with E-state index in [4.69, 9.17) is 5.11 Å². The minimum absolute atomic E-state index is 0.337. The Morgan fingerprint density at radius 1 is 0.615 bits per heavy atom. The lowest BCUT2D eigenvalue weighted by molar-refractivity contribution is -0.137. The first-order chi connectivity index (χ1) is 12.5. The highest BCUT2D eigenvalue weighted by atomic mass is 16.4. The molecule has 0 aliphatic carbocycles. The molecular weight excluding hydrogens is 320 g/mol. The minimum atomic E-state index is -0.670. The zero-order chi connectivity index (χ0) is 19.9. The summed E-state index contributed by atoms with van der Waals surface area (Å²) in [4.78, 5) is 10.0. The molecule has 0 spiro atoms. The summed E-state index contributed by atoms with van der Waals surface area (Å²) in [6, 6.07) is 0. The monoisotopic (exact) mass is 370 g/mol. The van der Waals surface area contributed by atoms with Crippen molar-refractivity contribution in [3.63, 3.8) is 0 Å². The predicted octanol–water partition coefficient (Wildman–Crippen LogP) is 8.78. The molecule has 0 aromatic heterocycles. The van der Waals surface area contributed by atoms with Gasteiger partial charge in [-0.15, -0.1) is 0 Å². The molecule has 2 nitrogen and oxygen atoms in total. The molecule has 0 aromatic carbocycles. The van der Waals surface area contributed by atoms with Crippen LogP contribution in [0, 0.1) is 5.92 Å². The molecule has 0 atom stereocenters. The Hall–Kier alpha value is -0.530. The molecule has 0 aliphatic rings. The van der Waals surface area contributed by atoms with Crippen molar-refractivity contribution < 1.29 is 9.90 Å². The fraction of sp³-hybridized carbons (Fsp3) is 0.958. The zero-order valence-electron chi connectivity index (χ0n) is 18.7. The van der Waals surface area contributed by atoms with Crippen molar-refractivity contribution in [2.75, 3.05) is 0 Å². The van der Waals surface area contributed by atoms with Gasteiger partial charge in [-0.3, -0.25) is 4.79 Å². The summed E-state index contributed by atoms with van der Waals surface area (Å²) in [5.41, 5.74) is 0. The molecule has 0 unspecified atom stereocenters. The summed E-state index contributed by atoms with van der Waals surface area (Å²) in [6.45, 7) is 9.10. The quantitative estimate of drug-likeness (QED) is 0.245. The molecule has 0 aromatic rings. The number of unbranched alkanes of at least 4 members (excludes halogenated alkanes) is 14. The lowest BCUT2D eigenvalue weighted by Gasteiger charge is -2.04. The van der Waals surface area contributed by atoms with E-state index < -0.39 is 5.97 Å². The Labute approximate surface area is 165 Å². The minimum Gasteiger partial charge on any atom is -0.481 e. The number of carbonyl (C=O) groups is 1. The van der Waals surface area contributed by atoms with Gasteiger partial charge in [-0.1, -0.05) is 130 Å². The van der Waals surface area contributed by atoms with Gasteiger partial charge in [0.25, 0.3) is 0 Å². The third-order valence-corrected chi connectivity index (χ3v) is 4.88. The van der Waals surface area contributed by atoms with Crippen LogP contribution in [0.4, 0.5) is 0 Å². The highest BCUT2D eigenvalue weighted by Crippen LogP contribution is 2.13. The first kappa shape index (κ1) is 27.7. The van der Waals surface area contributed by atoms with Gasteiger partial charge in [-0.2, -0.15) is 0 Å². The first-order valence-corrected chi connectivity index (χ1v) is 11.8. The lowest BCUT2D eigenvalue weighted by Crippen LogP contribution is -1.93. The largest absolute Gasteiger partial charge is 0.481 e. The normalized spacial score (nSPS) is 10.7. The topological polar surface area (TPSA) is 37.3 Å². The van der Waals surface area contributed by atoms with E-state index >= 15 is 0 Å². The van der Waals surface area contributed by atoms with Gasteiger partial charge in [0.2, 0.25) is 0 Å². The molecule has 1 N–H and O–H groups in total.